The Morgan fingerprint density at radius 3 is 1.73 bits per heavy atom. The third kappa shape index (κ3) is 8.55. The van der Waals surface area contributed by atoms with Crippen molar-refractivity contribution in [3.05, 3.63) is 0 Å². The highest BCUT2D eigenvalue weighted by atomic mass is 16.6. The number of carboxylic acid groups (broad SMARTS) is 1. The molecule has 0 rings (SSSR count). The normalized spacial score (nSPS) is 11.0. The Kier molecular flexibility index (Phi) is 10.1. The summed E-state index contributed by atoms with van der Waals surface area (Å²) in [6, 6.07) is 0. The van der Waals surface area contributed by atoms with Gasteiger partial charge in [-0.15, -0.1) is 0 Å². The first-order valence-electron chi connectivity index (χ1n) is 6.39. The summed E-state index contributed by atoms with van der Waals surface area (Å²) in [6.07, 6.45) is -0.811. The first-order valence-corrected chi connectivity index (χ1v) is 6.39. The van der Waals surface area contributed by atoms with Gasteiger partial charge in [-0.25, -0.2) is 4.79 Å². The van der Waals surface area contributed by atoms with E-state index < -0.39 is 36.4 Å². The van der Waals surface area contributed by atoms with Crippen molar-refractivity contribution in [2.24, 2.45) is 5.41 Å². The number of esters is 2. The minimum atomic E-state index is -1.34. The van der Waals surface area contributed by atoms with Gasteiger partial charge in [0.1, 0.15) is 13.0 Å². The summed E-state index contributed by atoms with van der Waals surface area (Å²) < 4.78 is 24.7. The Bertz CT molecular complexity index is 350. The molecule has 0 saturated carbocycles. The molecular weight excluding hydrogens is 300 g/mol. The molecule has 0 spiro atoms. The summed E-state index contributed by atoms with van der Waals surface area (Å²) in [5.41, 5.74) is -0.682. The Morgan fingerprint density at radius 2 is 1.32 bits per heavy atom. The number of methoxy groups -OCH3 is 3. The van der Waals surface area contributed by atoms with Crippen LogP contribution in [0, 0.1) is 5.41 Å². The van der Waals surface area contributed by atoms with Gasteiger partial charge in [0.2, 0.25) is 0 Å². The minimum absolute atomic E-state index is 0.0577. The summed E-state index contributed by atoms with van der Waals surface area (Å²) >= 11 is 0. The van der Waals surface area contributed by atoms with Gasteiger partial charge in [0, 0.05) is 21.3 Å². The molecular formula is C13H22O9. The summed E-state index contributed by atoms with van der Waals surface area (Å²) in [5, 5.41) is 8.38. The van der Waals surface area contributed by atoms with Gasteiger partial charge >= 0.3 is 17.9 Å². The first-order chi connectivity index (χ1) is 10.4. The summed E-state index contributed by atoms with van der Waals surface area (Å²) in [4.78, 5) is 32.8. The molecule has 0 fully saturated rings. The Labute approximate surface area is 128 Å². The van der Waals surface area contributed by atoms with Crippen molar-refractivity contribution in [2.75, 3.05) is 54.4 Å². The largest absolute Gasteiger partial charge is 0.481 e. The van der Waals surface area contributed by atoms with Crippen LogP contribution >= 0.6 is 0 Å². The lowest BCUT2D eigenvalue weighted by Gasteiger charge is -2.30. The minimum Gasteiger partial charge on any atom is -0.481 e. The van der Waals surface area contributed by atoms with Crippen molar-refractivity contribution in [2.45, 2.75) is 6.42 Å². The van der Waals surface area contributed by atoms with Gasteiger partial charge in [-0.3, -0.25) is 9.59 Å². The second kappa shape index (κ2) is 10.9. The van der Waals surface area contributed by atoms with E-state index in [-0.39, 0.29) is 26.4 Å². The van der Waals surface area contributed by atoms with Crippen LogP contribution < -0.4 is 0 Å². The fraction of sp³-hybridized carbons (Fsp3) is 0.769. The zero-order chi connectivity index (χ0) is 17.0. The molecule has 0 heterocycles. The molecule has 0 unspecified atom stereocenters. The van der Waals surface area contributed by atoms with Gasteiger partial charge in [-0.2, -0.15) is 0 Å². The maximum atomic E-state index is 11.5. The van der Waals surface area contributed by atoms with Crippen molar-refractivity contribution >= 4 is 17.9 Å². The Hall–Kier alpha value is -1.71. The van der Waals surface area contributed by atoms with Gasteiger partial charge in [0.25, 0.3) is 0 Å². The standard InChI is InChI=1S/C13H22O9/c1-18-6-13(7-19-2,8-20-3)9-22-12(17)5-21-11(16)4-10(14)15/h4-9H2,1-3H3,(H,14,15). The number of ether oxygens (including phenoxy) is 5. The van der Waals surface area contributed by atoms with Crippen molar-refractivity contribution in [1.82, 2.24) is 0 Å². The Balaban J connectivity index is 4.36. The number of rotatable bonds is 12. The van der Waals surface area contributed by atoms with Crippen LogP contribution in [0.3, 0.4) is 0 Å². The van der Waals surface area contributed by atoms with E-state index in [1.807, 2.05) is 0 Å². The van der Waals surface area contributed by atoms with E-state index in [0.717, 1.165) is 0 Å². The number of hydrogen-bond acceptors (Lipinski definition) is 8. The molecule has 0 aliphatic heterocycles. The zero-order valence-electron chi connectivity index (χ0n) is 13.0. The lowest BCUT2D eigenvalue weighted by Crippen LogP contribution is -2.41. The number of carboxylic acids is 1. The van der Waals surface area contributed by atoms with Crippen molar-refractivity contribution in [3.63, 3.8) is 0 Å². The van der Waals surface area contributed by atoms with Crippen LogP contribution in [0.1, 0.15) is 6.42 Å². The van der Waals surface area contributed by atoms with E-state index in [1.54, 1.807) is 0 Å². The molecule has 0 aromatic rings. The monoisotopic (exact) mass is 322 g/mol. The van der Waals surface area contributed by atoms with Crippen LogP contribution in [0.4, 0.5) is 0 Å². The number of carbonyl (C=O) groups is 3. The highest BCUT2D eigenvalue weighted by molar-refractivity contribution is 5.90. The molecule has 1 N–H and O–H groups in total. The van der Waals surface area contributed by atoms with Crippen LogP contribution in [0.25, 0.3) is 0 Å². The van der Waals surface area contributed by atoms with Gasteiger partial charge < -0.3 is 28.8 Å². The lowest BCUT2D eigenvalue weighted by atomic mass is 9.92. The van der Waals surface area contributed by atoms with E-state index in [2.05, 4.69) is 4.74 Å². The fourth-order valence-electron chi connectivity index (χ4n) is 1.76. The van der Waals surface area contributed by atoms with Crippen LogP contribution in [-0.4, -0.2) is 77.4 Å². The third-order valence-electron chi connectivity index (χ3n) is 2.54. The molecule has 0 aliphatic carbocycles. The molecule has 9 nitrogen and oxygen atoms in total. The maximum absolute atomic E-state index is 11.5. The Morgan fingerprint density at radius 1 is 0.818 bits per heavy atom. The average molecular weight is 322 g/mol. The van der Waals surface area contributed by atoms with Gasteiger partial charge in [0.15, 0.2) is 6.61 Å². The van der Waals surface area contributed by atoms with Gasteiger partial charge in [-0.1, -0.05) is 0 Å². The number of hydrogen-bond donors (Lipinski definition) is 1. The second-order valence-electron chi connectivity index (χ2n) is 4.69. The lowest BCUT2D eigenvalue weighted by molar-refractivity contribution is -0.166. The molecule has 22 heavy (non-hydrogen) atoms. The van der Waals surface area contributed by atoms with Crippen LogP contribution in [-0.2, 0) is 38.1 Å². The molecule has 0 saturated heterocycles. The number of carbonyl (C=O) groups excluding carboxylic acids is 2. The van der Waals surface area contributed by atoms with Crippen LogP contribution in [0.2, 0.25) is 0 Å². The molecule has 9 heteroatoms. The molecule has 0 aliphatic rings. The van der Waals surface area contributed by atoms with Gasteiger partial charge in [0.05, 0.1) is 25.2 Å². The molecule has 0 radical (unpaired) electrons. The first kappa shape index (κ1) is 20.3. The van der Waals surface area contributed by atoms with E-state index in [9.17, 15) is 14.4 Å². The molecule has 0 aromatic carbocycles. The summed E-state index contributed by atoms with van der Waals surface area (Å²) in [7, 11) is 4.49. The highest BCUT2D eigenvalue weighted by Gasteiger charge is 2.33. The predicted molar refractivity (Wildman–Crippen MR) is 72.2 cm³/mol. The third-order valence-corrected chi connectivity index (χ3v) is 2.54. The van der Waals surface area contributed by atoms with E-state index >= 15 is 0 Å². The van der Waals surface area contributed by atoms with Crippen molar-refractivity contribution in [1.29, 1.82) is 0 Å². The van der Waals surface area contributed by atoms with Crippen LogP contribution in [0.15, 0.2) is 0 Å². The molecule has 0 aromatic heterocycles. The molecule has 0 bridgehead atoms. The highest BCUT2D eigenvalue weighted by Crippen LogP contribution is 2.19. The maximum Gasteiger partial charge on any atom is 0.344 e. The molecule has 0 atom stereocenters. The zero-order valence-corrected chi connectivity index (χ0v) is 13.0. The second-order valence-corrected chi connectivity index (χ2v) is 4.69. The SMILES string of the molecule is COCC(COC)(COC)COC(=O)COC(=O)CC(=O)O. The quantitative estimate of drug-likeness (QED) is 0.374. The summed E-state index contributed by atoms with van der Waals surface area (Å²) in [5.74, 6) is -3.15. The van der Waals surface area contributed by atoms with E-state index in [4.69, 9.17) is 24.1 Å². The van der Waals surface area contributed by atoms with Crippen LogP contribution in [0.5, 0.6) is 0 Å². The fourth-order valence-corrected chi connectivity index (χ4v) is 1.76. The molecule has 0 amide bonds. The smallest absolute Gasteiger partial charge is 0.344 e. The van der Waals surface area contributed by atoms with Crippen molar-refractivity contribution < 1.29 is 43.2 Å². The topological polar surface area (TPSA) is 118 Å². The van der Waals surface area contributed by atoms with Gasteiger partial charge in [-0.05, 0) is 0 Å². The molecule has 128 valence electrons. The predicted octanol–water partition coefficient (Wildman–Crippen LogP) is -0.527. The number of aliphatic carboxylic acids is 1. The van der Waals surface area contributed by atoms with E-state index in [1.165, 1.54) is 21.3 Å². The average Bonchev–Trinajstić information content (AvgIpc) is 2.43. The van der Waals surface area contributed by atoms with Crippen molar-refractivity contribution in [3.8, 4) is 0 Å². The summed E-state index contributed by atoms with van der Waals surface area (Å²) in [6.45, 7) is -0.00470. The van der Waals surface area contributed by atoms with E-state index in [0.29, 0.717) is 0 Å².